The van der Waals surface area contributed by atoms with Crippen molar-refractivity contribution in [2.75, 3.05) is 13.1 Å². The summed E-state index contributed by atoms with van der Waals surface area (Å²) in [7, 11) is 0. The molecule has 80 valence electrons. The van der Waals surface area contributed by atoms with Crippen molar-refractivity contribution >= 4 is 5.91 Å². The van der Waals surface area contributed by atoms with Crippen molar-refractivity contribution in [3.8, 4) is 12.3 Å². The van der Waals surface area contributed by atoms with Gasteiger partial charge < -0.3 is 9.32 Å². The van der Waals surface area contributed by atoms with Crippen LogP contribution in [-0.2, 0) is 0 Å². The quantitative estimate of drug-likeness (QED) is 0.702. The van der Waals surface area contributed by atoms with Crippen LogP contribution in [0.25, 0.3) is 0 Å². The van der Waals surface area contributed by atoms with E-state index in [9.17, 15) is 4.79 Å². The molecule has 0 aliphatic heterocycles. The monoisotopic (exact) mass is 206 g/mol. The Morgan fingerprint density at radius 1 is 1.60 bits per heavy atom. The van der Waals surface area contributed by atoms with Crippen molar-refractivity contribution in [2.45, 2.75) is 20.8 Å². The number of hydrogen-bond acceptors (Lipinski definition) is 3. The van der Waals surface area contributed by atoms with Gasteiger partial charge in [0.1, 0.15) is 0 Å². The Balaban J connectivity index is 2.93. The van der Waals surface area contributed by atoms with Crippen LogP contribution in [0, 0.1) is 26.2 Å². The van der Waals surface area contributed by atoms with E-state index in [-0.39, 0.29) is 18.2 Å². The van der Waals surface area contributed by atoms with Gasteiger partial charge in [0.15, 0.2) is 5.89 Å². The highest BCUT2D eigenvalue weighted by molar-refractivity contribution is 5.92. The fourth-order valence-corrected chi connectivity index (χ4v) is 1.31. The molecule has 0 radical (unpaired) electrons. The summed E-state index contributed by atoms with van der Waals surface area (Å²) in [4.78, 5) is 17.5. The third-order valence-corrected chi connectivity index (χ3v) is 2.05. The van der Waals surface area contributed by atoms with E-state index < -0.39 is 0 Å². The van der Waals surface area contributed by atoms with Gasteiger partial charge in [-0.05, 0) is 13.8 Å². The number of terminal acetylenes is 1. The molecular weight excluding hydrogens is 192 g/mol. The number of carbonyl (C=O) groups is 1. The zero-order chi connectivity index (χ0) is 11.4. The SMILES string of the molecule is C#CCN(CC)C(=O)c1oc(C)nc1C. The average Bonchev–Trinajstić information content (AvgIpc) is 2.53. The summed E-state index contributed by atoms with van der Waals surface area (Å²) in [5.74, 6) is 3.01. The lowest BCUT2D eigenvalue weighted by atomic mass is 10.3. The van der Waals surface area contributed by atoms with Gasteiger partial charge in [0.05, 0.1) is 12.2 Å². The van der Waals surface area contributed by atoms with Gasteiger partial charge in [-0.3, -0.25) is 4.79 Å². The summed E-state index contributed by atoms with van der Waals surface area (Å²) in [6.45, 7) is 6.17. The van der Waals surface area contributed by atoms with E-state index in [0.717, 1.165) is 0 Å². The normalized spacial score (nSPS) is 9.73. The Kier molecular flexibility index (Phi) is 3.51. The first kappa shape index (κ1) is 11.3. The Bertz CT molecular complexity index is 401. The van der Waals surface area contributed by atoms with Crippen LogP contribution in [0.5, 0.6) is 0 Å². The Hall–Kier alpha value is -1.76. The fraction of sp³-hybridized carbons (Fsp3) is 0.455. The molecule has 1 heterocycles. The maximum absolute atomic E-state index is 11.9. The highest BCUT2D eigenvalue weighted by Gasteiger charge is 2.20. The van der Waals surface area contributed by atoms with Crippen LogP contribution >= 0.6 is 0 Å². The number of hydrogen-bond donors (Lipinski definition) is 0. The first-order chi connectivity index (χ1) is 7.10. The molecule has 0 N–H and O–H groups in total. The predicted octanol–water partition coefficient (Wildman–Crippen LogP) is 1.39. The number of carbonyl (C=O) groups excluding carboxylic acids is 1. The molecule has 4 heteroatoms. The molecule has 15 heavy (non-hydrogen) atoms. The molecular formula is C11H14N2O2. The standard InChI is InChI=1S/C11H14N2O2/c1-5-7-13(6-2)11(14)10-8(3)12-9(4)15-10/h1H,6-7H2,2-4H3. The maximum Gasteiger partial charge on any atom is 0.292 e. The molecule has 1 aromatic heterocycles. The first-order valence-corrected chi connectivity index (χ1v) is 4.76. The number of rotatable bonds is 3. The lowest BCUT2D eigenvalue weighted by Gasteiger charge is -2.16. The van der Waals surface area contributed by atoms with E-state index in [0.29, 0.717) is 18.1 Å². The van der Waals surface area contributed by atoms with E-state index in [1.807, 2.05) is 6.92 Å². The number of aromatic nitrogens is 1. The second kappa shape index (κ2) is 4.65. The summed E-state index contributed by atoms with van der Waals surface area (Å²) in [6, 6.07) is 0. The summed E-state index contributed by atoms with van der Waals surface area (Å²) < 4.78 is 5.23. The highest BCUT2D eigenvalue weighted by atomic mass is 16.4. The molecule has 0 saturated heterocycles. The molecule has 0 saturated carbocycles. The second-order valence-corrected chi connectivity index (χ2v) is 3.17. The Morgan fingerprint density at radius 3 is 2.67 bits per heavy atom. The third-order valence-electron chi connectivity index (χ3n) is 2.05. The summed E-state index contributed by atoms with van der Waals surface area (Å²) in [5.41, 5.74) is 0.605. The van der Waals surface area contributed by atoms with Crippen LogP contribution in [0.3, 0.4) is 0 Å². The number of amides is 1. The van der Waals surface area contributed by atoms with Crippen LogP contribution in [0.2, 0.25) is 0 Å². The van der Waals surface area contributed by atoms with Crippen molar-refractivity contribution in [1.29, 1.82) is 0 Å². The van der Waals surface area contributed by atoms with E-state index in [4.69, 9.17) is 10.8 Å². The minimum Gasteiger partial charge on any atom is -0.436 e. The second-order valence-electron chi connectivity index (χ2n) is 3.17. The van der Waals surface area contributed by atoms with Crippen LogP contribution in [0.15, 0.2) is 4.42 Å². The molecule has 0 spiro atoms. The minimum absolute atomic E-state index is 0.200. The van der Waals surface area contributed by atoms with Crippen molar-refractivity contribution in [2.24, 2.45) is 0 Å². The fourth-order valence-electron chi connectivity index (χ4n) is 1.31. The zero-order valence-corrected chi connectivity index (χ0v) is 9.20. The summed E-state index contributed by atoms with van der Waals surface area (Å²) >= 11 is 0. The average molecular weight is 206 g/mol. The molecule has 0 aromatic carbocycles. The van der Waals surface area contributed by atoms with Crippen molar-refractivity contribution in [3.63, 3.8) is 0 Å². The number of nitrogens with zero attached hydrogens (tertiary/aromatic N) is 2. The molecule has 1 aromatic rings. The van der Waals surface area contributed by atoms with E-state index in [1.54, 1.807) is 13.8 Å². The molecule has 1 amide bonds. The van der Waals surface area contributed by atoms with Crippen molar-refractivity contribution < 1.29 is 9.21 Å². The van der Waals surface area contributed by atoms with E-state index in [1.165, 1.54) is 4.90 Å². The van der Waals surface area contributed by atoms with Crippen LogP contribution in [0.1, 0.15) is 29.1 Å². The summed E-state index contributed by atoms with van der Waals surface area (Å²) in [5, 5.41) is 0. The summed E-state index contributed by atoms with van der Waals surface area (Å²) in [6.07, 6.45) is 5.17. The topological polar surface area (TPSA) is 46.3 Å². The third kappa shape index (κ3) is 2.38. The number of oxazole rings is 1. The van der Waals surface area contributed by atoms with Gasteiger partial charge in [-0.15, -0.1) is 6.42 Å². The van der Waals surface area contributed by atoms with Gasteiger partial charge in [-0.2, -0.15) is 0 Å². The largest absolute Gasteiger partial charge is 0.436 e. The molecule has 0 unspecified atom stereocenters. The van der Waals surface area contributed by atoms with Gasteiger partial charge in [0.2, 0.25) is 5.76 Å². The van der Waals surface area contributed by atoms with E-state index >= 15 is 0 Å². The number of aryl methyl sites for hydroxylation is 2. The van der Waals surface area contributed by atoms with Crippen molar-refractivity contribution in [3.05, 3.63) is 17.3 Å². The Labute approximate surface area is 89.3 Å². The molecule has 0 aliphatic rings. The van der Waals surface area contributed by atoms with Gasteiger partial charge in [-0.25, -0.2) is 4.98 Å². The lowest BCUT2D eigenvalue weighted by molar-refractivity contribution is 0.0751. The molecule has 0 atom stereocenters. The molecule has 1 rings (SSSR count). The highest BCUT2D eigenvalue weighted by Crippen LogP contribution is 2.12. The molecule has 0 bridgehead atoms. The van der Waals surface area contributed by atoms with E-state index in [2.05, 4.69) is 10.9 Å². The van der Waals surface area contributed by atoms with Crippen LogP contribution in [0.4, 0.5) is 0 Å². The van der Waals surface area contributed by atoms with Crippen LogP contribution in [-0.4, -0.2) is 28.9 Å². The molecule has 4 nitrogen and oxygen atoms in total. The zero-order valence-electron chi connectivity index (χ0n) is 9.20. The van der Waals surface area contributed by atoms with Gasteiger partial charge in [-0.1, -0.05) is 5.92 Å². The first-order valence-electron chi connectivity index (χ1n) is 4.76. The van der Waals surface area contributed by atoms with Gasteiger partial charge in [0, 0.05) is 13.5 Å². The minimum atomic E-state index is -0.200. The predicted molar refractivity (Wildman–Crippen MR) is 56.4 cm³/mol. The molecule has 0 fully saturated rings. The van der Waals surface area contributed by atoms with Gasteiger partial charge in [0.25, 0.3) is 5.91 Å². The molecule has 0 aliphatic carbocycles. The lowest BCUT2D eigenvalue weighted by Crippen LogP contribution is -2.31. The van der Waals surface area contributed by atoms with Gasteiger partial charge >= 0.3 is 0 Å². The van der Waals surface area contributed by atoms with Crippen LogP contribution < -0.4 is 0 Å². The smallest absolute Gasteiger partial charge is 0.292 e. The Morgan fingerprint density at radius 2 is 2.27 bits per heavy atom. The van der Waals surface area contributed by atoms with Crippen molar-refractivity contribution in [1.82, 2.24) is 9.88 Å². The maximum atomic E-state index is 11.9.